The van der Waals surface area contributed by atoms with Crippen LogP contribution in [-0.2, 0) is 13.0 Å². The van der Waals surface area contributed by atoms with Gasteiger partial charge in [-0.1, -0.05) is 6.07 Å². The molecule has 0 fully saturated rings. The van der Waals surface area contributed by atoms with E-state index in [2.05, 4.69) is 38.1 Å². The molecule has 1 aliphatic heterocycles. The van der Waals surface area contributed by atoms with Crippen LogP contribution in [0.1, 0.15) is 28.6 Å². The molecular weight excluding hydrogens is 400 g/mol. The maximum atomic E-state index is 5.80. The number of hydrogen-bond donors (Lipinski definition) is 2. The average Bonchev–Trinajstić information content (AvgIpc) is 3.29. The molecule has 0 aliphatic carbocycles. The number of hydrogen-bond acceptors (Lipinski definition) is 6. The van der Waals surface area contributed by atoms with Gasteiger partial charge in [0.05, 0.1) is 18.9 Å². The predicted octanol–water partition coefficient (Wildman–Crippen LogP) is 4.31. The molecule has 2 N–H and O–H groups in total. The van der Waals surface area contributed by atoms with E-state index in [-0.39, 0.29) is 0 Å². The Labute approximate surface area is 180 Å². The molecule has 8 heteroatoms. The van der Waals surface area contributed by atoms with Gasteiger partial charge >= 0.3 is 0 Å². The van der Waals surface area contributed by atoms with Gasteiger partial charge in [-0.15, -0.1) is 11.3 Å². The Balaban J connectivity index is 1.47. The molecule has 0 radical (unpaired) electrons. The maximum absolute atomic E-state index is 5.80. The molecule has 158 valence electrons. The van der Waals surface area contributed by atoms with Crippen LogP contribution in [0, 0.1) is 13.8 Å². The lowest BCUT2D eigenvalue weighted by Crippen LogP contribution is -2.32. The first-order valence-corrected chi connectivity index (χ1v) is 11.0. The van der Waals surface area contributed by atoms with E-state index in [0.29, 0.717) is 31.6 Å². The fraction of sp³-hybridized carbons (Fsp3) is 0.364. The number of guanidine groups is 1. The molecule has 0 bridgehead atoms. The van der Waals surface area contributed by atoms with Crippen molar-refractivity contribution in [2.45, 2.75) is 33.2 Å². The fourth-order valence-electron chi connectivity index (χ4n) is 3.03. The third-order valence-corrected chi connectivity index (χ3v) is 5.64. The number of aromatic nitrogens is 1. The molecule has 0 spiro atoms. The molecule has 1 aromatic carbocycles. The Morgan fingerprint density at radius 3 is 2.80 bits per heavy atom. The Kier molecular flexibility index (Phi) is 6.53. The van der Waals surface area contributed by atoms with Crippen molar-refractivity contribution in [2.24, 2.45) is 4.99 Å². The van der Waals surface area contributed by atoms with Crippen LogP contribution >= 0.6 is 11.3 Å². The summed E-state index contributed by atoms with van der Waals surface area (Å²) in [6.45, 7) is 6.28. The molecule has 3 aromatic rings. The lowest BCUT2D eigenvalue weighted by Gasteiger charge is -2.14. The number of ether oxygens (including phenoxy) is 2. The number of aryl methyl sites for hydroxylation is 2. The van der Waals surface area contributed by atoms with Crippen LogP contribution in [0.5, 0.6) is 11.5 Å². The zero-order chi connectivity index (χ0) is 20.8. The van der Waals surface area contributed by atoms with Crippen LogP contribution in [-0.4, -0.2) is 30.7 Å². The van der Waals surface area contributed by atoms with Crippen molar-refractivity contribution in [1.82, 2.24) is 10.3 Å². The summed E-state index contributed by atoms with van der Waals surface area (Å²) in [6, 6.07) is 10.0. The maximum Gasteiger partial charge on any atom is 0.216 e. The van der Waals surface area contributed by atoms with Crippen LogP contribution in [0.4, 0.5) is 5.69 Å². The van der Waals surface area contributed by atoms with Crippen molar-refractivity contribution < 1.29 is 13.9 Å². The molecule has 4 rings (SSSR count). The quantitative estimate of drug-likeness (QED) is 0.451. The molecule has 0 saturated carbocycles. The van der Waals surface area contributed by atoms with Crippen LogP contribution in [0.3, 0.4) is 0 Å². The van der Waals surface area contributed by atoms with Gasteiger partial charge in [0.15, 0.2) is 17.5 Å². The van der Waals surface area contributed by atoms with Crippen LogP contribution in [0.25, 0.3) is 0 Å². The minimum absolute atomic E-state index is 0.355. The van der Waals surface area contributed by atoms with Gasteiger partial charge in [-0.2, -0.15) is 0 Å². The number of anilines is 1. The van der Waals surface area contributed by atoms with Crippen molar-refractivity contribution in [1.29, 1.82) is 0 Å². The lowest BCUT2D eigenvalue weighted by atomic mass is 10.2. The minimum Gasteiger partial charge on any atom is -0.490 e. The normalized spacial score (nSPS) is 13.7. The second kappa shape index (κ2) is 9.67. The fourth-order valence-corrected chi connectivity index (χ4v) is 3.74. The second-order valence-corrected chi connectivity index (χ2v) is 8.04. The highest BCUT2D eigenvalue weighted by Gasteiger charge is 2.12. The molecule has 0 amide bonds. The minimum atomic E-state index is 0.355. The van der Waals surface area contributed by atoms with Gasteiger partial charge in [-0.25, -0.2) is 9.98 Å². The van der Waals surface area contributed by atoms with Crippen LogP contribution in [0.2, 0.25) is 0 Å². The summed E-state index contributed by atoms with van der Waals surface area (Å²) in [5, 5.41) is 8.84. The highest BCUT2D eigenvalue weighted by Crippen LogP contribution is 2.32. The molecule has 7 nitrogen and oxygen atoms in total. The third kappa shape index (κ3) is 5.33. The second-order valence-electron chi connectivity index (χ2n) is 7.01. The van der Waals surface area contributed by atoms with Gasteiger partial charge in [0, 0.05) is 29.6 Å². The standard InChI is InChI=1S/C22H26N4O3S/c1-15-16(2)29-21(25-15)14-24-22(23-9-8-18-5-3-12-30-18)26-17-6-7-19-20(13-17)28-11-4-10-27-19/h3,5-7,12-13H,4,8-11,14H2,1-2H3,(H2,23,24,26). The molecule has 0 unspecified atom stereocenters. The van der Waals surface area contributed by atoms with E-state index < -0.39 is 0 Å². The summed E-state index contributed by atoms with van der Waals surface area (Å²) in [7, 11) is 0. The van der Waals surface area contributed by atoms with Gasteiger partial charge in [-0.05, 0) is 43.8 Å². The molecule has 3 heterocycles. The molecular formula is C22H26N4O3S. The first kappa shape index (κ1) is 20.3. The number of thiophene rings is 1. The summed E-state index contributed by atoms with van der Waals surface area (Å²) in [5.74, 6) is 3.60. The van der Waals surface area contributed by atoms with Gasteiger partial charge in [0.25, 0.3) is 0 Å². The zero-order valence-electron chi connectivity index (χ0n) is 17.2. The summed E-state index contributed by atoms with van der Waals surface area (Å²) in [5.41, 5.74) is 1.77. The average molecular weight is 427 g/mol. The lowest BCUT2D eigenvalue weighted by molar-refractivity contribution is 0.297. The molecule has 2 aromatic heterocycles. The molecule has 0 saturated heterocycles. The largest absolute Gasteiger partial charge is 0.490 e. The zero-order valence-corrected chi connectivity index (χ0v) is 18.1. The molecule has 30 heavy (non-hydrogen) atoms. The first-order valence-electron chi connectivity index (χ1n) is 10.1. The highest BCUT2D eigenvalue weighted by molar-refractivity contribution is 7.09. The Hall–Kier alpha value is -3.00. The van der Waals surface area contributed by atoms with E-state index in [1.165, 1.54) is 4.88 Å². The van der Waals surface area contributed by atoms with Crippen molar-refractivity contribution in [3.05, 3.63) is 57.9 Å². The molecule has 1 aliphatic rings. The van der Waals surface area contributed by atoms with Gasteiger partial charge < -0.3 is 24.5 Å². The number of nitrogens with one attached hydrogen (secondary N) is 2. The SMILES string of the molecule is Cc1nc(CN=C(NCCc2cccs2)Nc2ccc3c(c2)OCCCO3)oc1C. The Morgan fingerprint density at radius 2 is 2.03 bits per heavy atom. The van der Waals surface area contributed by atoms with Crippen molar-refractivity contribution in [3.8, 4) is 11.5 Å². The van der Waals surface area contributed by atoms with Crippen LogP contribution in [0.15, 0.2) is 45.1 Å². The number of aliphatic imine (C=N–C) groups is 1. The topological polar surface area (TPSA) is 80.9 Å². The summed E-state index contributed by atoms with van der Waals surface area (Å²) in [6.07, 6.45) is 1.81. The van der Waals surface area contributed by atoms with Crippen molar-refractivity contribution in [3.63, 3.8) is 0 Å². The summed E-state index contributed by atoms with van der Waals surface area (Å²) < 4.78 is 17.2. The Bertz CT molecular complexity index is 978. The van der Waals surface area contributed by atoms with Gasteiger partial charge in [-0.3, -0.25) is 0 Å². The van der Waals surface area contributed by atoms with Crippen molar-refractivity contribution >= 4 is 23.0 Å². The number of nitrogens with zero attached hydrogens (tertiary/aromatic N) is 2. The first-order chi connectivity index (χ1) is 14.7. The van der Waals surface area contributed by atoms with E-state index in [1.807, 2.05) is 32.0 Å². The summed E-state index contributed by atoms with van der Waals surface area (Å²) in [4.78, 5) is 10.4. The predicted molar refractivity (Wildman–Crippen MR) is 119 cm³/mol. The monoisotopic (exact) mass is 426 g/mol. The van der Waals surface area contributed by atoms with E-state index in [1.54, 1.807) is 11.3 Å². The smallest absolute Gasteiger partial charge is 0.216 e. The number of benzene rings is 1. The van der Waals surface area contributed by atoms with Gasteiger partial charge in [0.1, 0.15) is 12.3 Å². The third-order valence-electron chi connectivity index (χ3n) is 4.70. The van der Waals surface area contributed by atoms with Crippen molar-refractivity contribution in [2.75, 3.05) is 25.1 Å². The van der Waals surface area contributed by atoms with E-state index in [9.17, 15) is 0 Å². The van der Waals surface area contributed by atoms with Crippen LogP contribution < -0.4 is 20.1 Å². The molecule has 0 atom stereocenters. The number of rotatable bonds is 6. The Morgan fingerprint density at radius 1 is 1.17 bits per heavy atom. The number of oxazole rings is 1. The highest BCUT2D eigenvalue weighted by atomic mass is 32.1. The van der Waals surface area contributed by atoms with Gasteiger partial charge in [0.2, 0.25) is 5.89 Å². The van der Waals surface area contributed by atoms with E-state index in [0.717, 1.165) is 48.0 Å². The van der Waals surface area contributed by atoms with E-state index >= 15 is 0 Å². The van der Waals surface area contributed by atoms with E-state index in [4.69, 9.17) is 13.9 Å². The summed E-state index contributed by atoms with van der Waals surface area (Å²) >= 11 is 1.75. The number of fused-ring (bicyclic) bond motifs is 1.